The van der Waals surface area contributed by atoms with E-state index in [4.69, 9.17) is 0 Å². The van der Waals surface area contributed by atoms with Crippen molar-refractivity contribution in [3.05, 3.63) is 12.2 Å². The van der Waals surface area contributed by atoms with Gasteiger partial charge in [0.15, 0.2) is 0 Å². The number of Topliss-reactive ketones (excluding diaryl/α,β-unsaturated/α-hetero) is 1. The van der Waals surface area contributed by atoms with Gasteiger partial charge < -0.3 is 0 Å². The van der Waals surface area contributed by atoms with E-state index in [0.717, 1.165) is 25.2 Å². The Morgan fingerprint density at radius 2 is 2.27 bits per heavy atom. The lowest BCUT2D eigenvalue weighted by Crippen LogP contribution is -2.33. The molecule has 2 aliphatic rings. The van der Waals surface area contributed by atoms with Crippen molar-refractivity contribution in [1.82, 2.24) is 0 Å². The molecule has 0 aromatic rings. The Morgan fingerprint density at radius 3 is 3.00 bits per heavy atom. The molecule has 1 fully saturated rings. The number of hydrogen-bond donors (Lipinski definition) is 0. The first-order valence-electron chi connectivity index (χ1n) is 4.47. The third-order valence-electron chi connectivity index (χ3n) is 2.90. The highest BCUT2D eigenvalue weighted by Crippen LogP contribution is 2.36. The van der Waals surface area contributed by atoms with Gasteiger partial charge in [0.1, 0.15) is 5.78 Å². The minimum Gasteiger partial charge on any atom is -0.299 e. The molecule has 2 bridgehead atoms. The summed E-state index contributed by atoms with van der Waals surface area (Å²) in [4.78, 5) is 11.5. The van der Waals surface area contributed by atoms with Crippen LogP contribution in [0, 0.1) is 17.8 Å². The number of ketones is 1. The summed E-state index contributed by atoms with van der Waals surface area (Å²) in [5.41, 5.74) is 0. The maximum Gasteiger partial charge on any atom is 0.143 e. The minimum atomic E-state index is 0.275. The monoisotopic (exact) mass is 150 g/mol. The Bertz CT molecular complexity index is 205. The van der Waals surface area contributed by atoms with Crippen LogP contribution in [0.25, 0.3) is 0 Å². The van der Waals surface area contributed by atoms with E-state index >= 15 is 0 Å². The largest absolute Gasteiger partial charge is 0.299 e. The van der Waals surface area contributed by atoms with Crippen LogP contribution in [0.15, 0.2) is 12.2 Å². The van der Waals surface area contributed by atoms with Crippen LogP contribution < -0.4 is 0 Å². The van der Waals surface area contributed by atoms with Gasteiger partial charge in [-0.05, 0) is 25.2 Å². The van der Waals surface area contributed by atoms with Crippen molar-refractivity contribution in [2.45, 2.75) is 26.2 Å². The quantitative estimate of drug-likeness (QED) is 0.484. The topological polar surface area (TPSA) is 17.1 Å². The Labute approximate surface area is 67.5 Å². The van der Waals surface area contributed by atoms with Crippen LogP contribution in [0.1, 0.15) is 26.2 Å². The van der Waals surface area contributed by atoms with Gasteiger partial charge in [-0.2, -0.15) is 0 Å². The second-order valence-corrected chi connectivity index (χ2v) is 3.95. The third-order valence-corrected chi connectivity index (χ3v) is 2.90. The van der Waals surface area contributed by atoms with Crippen molar-refractivity contribution < 1.29 is 4.79 Å². The average Bonchev–Trinajstić information content (AvgIpc) is 1.92. The molecule has 0 spiro atoms. The summed E-state index contributed by atoms with van der Waals surface area (Å²) in [7, 11) is 0. The summed E-state index contributed by atoms with van der Waals surface area (Å²) in [5, 5.41) is 0. The van der Waals surface area contributed by atoms with Crippen LogP contribution in [-0.4, -0.2) is 5.78 Å². The highest BCUT2D eigenvalue weighted by atomic mass is 16.1. The summed E-state index contributed by atoms with van der Waals surface area (Å²) in [6, 6.07) is 0. The van der Waals surface area contributed by atoms with E-state index in [0.29, 0.717) is 11.7 Å². The molecule has 60 valence electrons. The van der Waals surface area contributed by atoms with E-state index in [-0.39, 0.29) is 5.92 Å². The molecule has 0 aliphatic heterocycles. The van der Waals surface area contributed by atoms with Crippen LogP contribution in [0.3, 0.4) is 0 Å². The molecule has 1 nitrogen and oxygen atoms in total. The van der Waals surface area contributed by atoms with E-state index in [2.05, 4.69) is 19.1 Å². The second kappa shape index (κ2) is 2.47. The van der Waals surface area contributed by atoms with E-state index in [1.807, 2.05) is 0 Å². The van der Waals surface area contributed by atoms with Crippen LogP contribution in [0.4, 0.5) is 0 Å². The van der Waals surface area contributed by atoms with Crippen molar-refractivity contribution >= 4 is 5.78 Å². The van der Waals surface area contributed by atoms with Gasteiger partial charge in [0, 0.05) is 11.8 Å². The van der Waals surface area contributed by atoms with E-state index < -0.39 is 0 Å². The van der Waals surface area contributed by atoms with Crippen molar-refractivity contribution in [2.75, 3.05) is 0 Å². The number of carbonyl (C=O) groups excluding carboxylic acids is 1. The molecule has 1 saturated carbocycles. The van der Waals surface area contributed by atoms with Gasteiger partial charge in [-0.15, -0.1) is 0 Å². The summed E-state index contributed by atoms with van der Waals surface area (Å²) in [6.07, 6.45) is 7.50. The van der Waals surface area contributed by atoms with E-state index in [9.17, 15) is 4.79 Å². The van der Waals surface area contributed by atoms with Gasteiger partial charge >= 0.3 is 0 Å². The summed E-state index contributed by atoms with van der Waals surface area (Å²) < 4.78 is 0. The zero-order valence-corrected chi connectivity index (χ0v) is 6.92. The fraction of sp³-hybridized carbons (Fsp3) is 0.700. The van der Waals surface area contributed by atoms with Crippen molar-refractivity contribution in [3.8, 4) is 0 Å². The zero-order valence-electron chi connectivity index (χ0n) is 6.92. The van der Waals surface area contributed by atoms with Crippen molar-refractivity contribution in [2.24, 2.45) is 17.8 Å². The SMILES string of the molecule is C[C@@H]1CC2CC=C[C@H](C1)C2=O. The molecule has 0 radical (unpaired) electrons. The fourth-order valence-corrected chi connectivity index (χ4v) is 2.34. The maximum atomic E-state index is 11.5. The first-order valence-corrected chi connectivity index (χ1v) is 4.47. The standard InChI is InChI=1S/C10H14O/c1-7-5-8-3-2-4-9(6-7)10(8)11/h2-3,7-9H,4-6H2,1H3/t7-,8+,9?/m0/s1. The van der Waals surface area contributed by atoms with Crippen LogP contribution >= 0.6 is 0 Å². The molecular weight excluding hydrogens is 136 g/mol. The van der Waals surface area contributed by atoms with Gasteiger partial charge in [0.2, 0.25) is 0 Å². The minimum absolute atomic E-state index is 0.275. The Hall–Kier alpha value is -0.590. The molecular formula is C10H14O. The molecule has 0 N–H and O–H groups in total. The molecule has 11 heavy (non-hydrogen) atoms. The third kappa shape index (κ3) is 1.13. The highest BCUT2D eigenvalue weighted by molar-refractivity contribution is 5.86. The molecule has 1 unspecified atom stereocenters. The van der Waals surface area contributed by atoms with Gasteiger partial charge in [0.05, 0.1) is 0 Å². The lowest BCUT2D eigenvalue weighted by molar-refractivity contribution is -0.129. The predicted octanol–water partition coefficient (Wildman–Crippen LogP) is 2.18. The maximum absolute atomic E-state index is 11.5. The molecule has 0 heterocycles. The molecule has 0 amide bonds. The van der Waals surface area contributed by atoms with Gasteiger partial charge in [-0.3, -0.25) is 4.79 Å². The van der Waals surface area contributed by atoms with E-state index in [1.165, 1.54) is 0 Å². The van der Waals surface area contributed by atoms with Crippen LogP contribution in [0.2, 0.25) is 0 Å². The van der Waals surface area contributed by atoms with Crippen LogP contribution in [0.5, 0.6) is 0 Å². The van der Waals surface area contributed by atoms with Crippen molar-refractivity contribution in [1.29, 1.82) is 0 Å². The van der Waals surface area contributed by atoms with Crippen molar-refractivity contribution in [3.63, 3.8) is 0 Å². The Kier molecular flexibility index (Phi) is 1.59. The lowest BCUT2D eigenvalue weighted by Gasteiger charge is -2.32. The highest BCUT2D eigenvalue weighted by Gasteiger charge is 2.34. The lowest BCUT2D eigenvalue weighted by atomic mass is 9.71. The molecule has 2 aliphatic carbocycles. The molecule has 0 saturated heterocycles. The number of allylic oxidation sites excluding steroid dienone is 2. The molecule has 1 heteroatoms. The average molecular weight is 150 g/mol. The Balaban J connectivity index is 2.22. The first kappa shape index (κ1) is 7.08. The summed E-state index contributed by atoms with van der Waals surface area (Å²) in [5.74, 6) is 1.91. The Morgan fingerprint density at radius 1 is 1.45 bits per heavy atom. The van der Waals surface area contributed by atoms with Gasteiger partial charge in [-0.25, -0.2) is 0 Å². The predicted molar refractivity (Wildman–Crippen MR) is 44.1 cm³/mol. The number of rotatable bonds is 0. The number of hydrogen-bond acceptors (Lipinski definition) is 1. The molecule has 2 rings (SSSR count). The van der Waals surface area contributed by atoms with E-state index in [1.54, 1.807) is 0 Å². The van der Waals surface area contributed by atoms with Gasteiger partial charge in [0.25, 0.3) is 0 Å². The number of fused-ring (bicyclic) bond motifs is 2. The smallest absolute Gasteiger partial charge is 0.143 e. The molecule has 0 aromatic carbocycles. The normalized spacial score (nSPS) is 42.6. The molecule has 3 atom stereocenters. The van der Waals surface area contributed by atoms with Gasteiger partial charge in [-0.1, -0.05) is 19.1 Å². The first-order chi connectivity index (χ1) is 5.27. The fourth-order valence-electron chi connectivity index (χ4n) is 2.34. The summed E-state index contributed by atoms with van der Waals surface area (Å²) in [6.45, 7) is 2.26. The molecule has 0 aromatic heterocycles. The summed E-state index contributed by atoms with van der Waals surface area (Å²) >= 11 is 0. The van der Waals surface area contributed by atoms with Crippen LogP contribution in [-0.2, 0) is 4.79 Å². The number of carbonyl (C=O) groups is 1. The second-order valence-electron chi connectivity index (χ2n) is 3.95. The zero-order chi connectivity index (χ0) is 7.84.